The van der Waals surface area contributed by atoms with Crippen LogP contribution in [-0.2, 0) is 0 Å². The van der Waals surface area contributed by atoms with Crippen molar-refractivity contribution in [2.45, 2.75) is 20.8 Å². The number of benzene rings is 1. The molecule has 0 aliphatic rings. The zero-order chi connectivity index (χ0) is 11.6. The molecule has 0 spiro atoms. The van der Waals surface area contributed by atoms with Crippen LogP contribution in [0, 0.1) is 12.8 Å². The maximum absolute atomic E-state index is 11.8. The summed E-state index contributed by atoms with van der Waals surface area (Å²) in [6.45, 7) is 5.28. The van der Waals surface area contributed by atoms with Crippen LogP contribution in [0.1, 0.15) is 40.1 Å². The first kappa shape index (κ1) is 11.4. The molecule has 0 saturated heterocycles. The molecule has 0 atom stereocenters. The van der Waals surface area contributed by atoms with Gasteiger partial charge >= 0.3 is 5.97 Å². The minimum absolute atomic E-state index is 0.0914. The van der Waals surface area contributed by atoms with Crippen LogP contribution in [0.5, 0.6) is 0 Å². The molecule has 0 amide bonds. The van der Waals surface area contributed by atoms with E-state index in [1.807, 2.05) is 0 Å². The number of carboxylic acids is 1. The van der Waals surface area contributed by atoms with E-state index < -0.39 is 5.97 Å². The van der Waals surface area contributed by atoms with Gasteiger partial charge in [0, 0.05) is 11.5 Å². The van der Waals surface area contributed by atoms with Crippen molar-refractivity contribution in [1.29, 1.82) is 0 Å². The van der Waals surface area contributed by atoms with Gasteiger partial charge in [-0.2, -0.15) is 0 Å². The number of carbonyl (C=O) groups excluding carboxylic acids is 1. The molecule has 0 saturated carbocycles. The number of carbonyl (C=O) groups is 2. The topological polar surface area (TPSA) is 54.4 Å². The van der Waals surface area contributed by atoms with E-state index in [1.165, 1.54) is 6.07 Å². The lowest BCUT2D eigenvalue weighted by molar-refractivity contribution is 0.0690. The molecule has 0 radical (unpaired) electrons. The molecular formula is C12H14O3. The van der Waals surface area contributed by atoms with Gasteiger partial charge in [0.05, 0.1) is 5.56 Å². The molecule has 3 nitrogen and oxygen atoms in total. The number of aryl methyl sites for hydroxylation is 1. The van der Waals surface area contributed by atoms with E-state index in [0.717, 1.165) is 0 Å². The fourth-order valence-electron chi connectivity index (χ4n) is 1.46. The van der Waals surface area contributed by atoms with Crippen LogP contribution < -0.4 is 0 Å². The smallest absolute Gasteiger partial charge is 0.336 e. The third-order valence-electron chi connectivity index (χ3n) is 2.27. The summed E-state index contributed by atoms with van der Waals surface area (Å²) in [6, 6.07) is 4.86. The van der Waals surface area contributed by atoms with E-state index in [0.29, 0.717) is 11.1 Å². The van der Waals surface area contributed by atoms with Crippen molar-refractivity contribution < 1.29 is 14.7 Å². The van der Waals surface area contributed by atoms with E-state index in [-0.39, 0.29) is 17.3 Å². The van der Waals surface area contributed by atoms with E-state index in [4.69, 9.17) is 5.11 Å². The van der Waals surface area contributed by atoms with Crippen LogP contribution in [0.15, 0.2) is 18.2 Å². The summed E-state index contributed by atoms with van der Waals surface area (Å²) in [5.74, 6) is -1.36. The zero-order valence-corrected chi connectivity index (χ0v) is 9.07. The summed E-state index contributed by atoms with van der Waals surface area (Å²) in [5, 5.41) is 8.97. The summed E-state index contributed by atoms with van der Waals surface area (Å²) < 4.78 is 0. The van der Waals surface area contributed by atoms with E-state index in [2.05, 4.69) is 0 Å². The van der Waals surface area contributed by atoms with E-state index >= 15 is 0 Å². The predicted octanol–water partition coefficient (Wildman–Crippen LogP) is 2.53. The normalized spacial score (nSPS) is 10.4. The fraction of sp³-hybridized carbons (Fsp3) is 0.333. The van der Waals surface area contributed by atoms with Gasteiger partial charge in [0.1, 0.15) is 0 Å². The molecule has 0 aliphatic carbocycles. The molecular weight excluding hydrogens is 192 g/mol. The van der Waals surface area contributed by atoms with Gasteiger partial charge in [0.15, 0.2) is 5.78 Å². The van der Waals surface area contributed by atoms with Gasteiger partial charge < -0.3 is 5.11 Å². The monoisotopic (exact) mass is 206 g/mol. The molecule has 0 bridgehead atoms. The number of aromatic carboxylic acids is 1. The van der Waals surface area contributed by atoms with Gasteiger partial charge in [-0.1, -0.05) is 26.0 Å². The van der Waals surface area contributed by atoms with E-state index in [1.54, 1.807) is 32.9 Å². The molecule has 80 valence electrons. The van der Waals surface area contributed by atoms with Crippen molar-refractivity contribution in [1.82, 2.24) is 0 Å². The van der Waals surface area contributed by atoms with E-state index in [9.17, 15) is 9.59 Å². The summed E-state index contributed by atoms with van der Waals surface area (Å²) in [7, 11) is 0. The van der Waals surface area contributed by atoms with Gasteiger partial charge in [-0.25, -0.2) is 4.79 Å². The first-order valence-corrected chi connectivity index (χ1v) is 4.82. The Morgan fingerprint density at radius 3 is 2.33 bits per heavy atom. The Hall–Kier alpha value is -1.64. The second kappa shape index (κ2) is 4.26. The standard InChI is InChI=1S/C12H14O3/c1-7(2)11(13)10-8(3)5-4-6-9(10)12(14)15/h4-7H,1-3H3,(H,14,15). The fourth-order valence-corrected chi connectivity index (χ4v) is 1.46. The molecule has 15 heavy (non-hydrogen) atoms. The molecule has 1 aromatic rings. The quantitative estimate of drug-likeness (QED) is 0.773. The van der Waals surface area contributed by atoms with Crippen LogP contribution in [-0.4, -0.2) is 16.9 Å². The first-order chi connectivity index (χ1) is 6.95. The highest BCUT2D eigenvalue weighted by molar-refractivity contribution is 6.07. The summed E-state index contributed by atoms with van der Waals surface area (Å²) >= 11 is 0. The van der Waals surface area contributed by atoms with Gasteiger partial charge in [-0.05, 0) is 18.6 Å². The number of Topliss-reactive ketones (excluding diaryl/α,β-unsaturated/α-hetero) is 1. The highest BCUT2D eigenvalue weighted by Gasteiger charge is 2.20. The Balaban J connectivity index is 3.37. The number of carboxylic acid groups (broad SMARTS) is 1. The van der Waals surface area contributed by atoms with Crippen LogP contribution in [0.4, 0.5) is 0 Å². The largest absolute Gasteiger partial charge is 0.478 e. The number of ketones is 1. The second-order valence-corrected chi connectivity index (χ2v) is 3.82. The second-order valence-electron chi connectivity index (χ2n) is 3.82. The highest BCUT2D eigenvalue weighted by atomic mass is 16.4. The SMILES string of the molecule is Cc1cccc(C(=O)O)c1C(=O)C(C)C. The lowest BCUT2D eigenvalue weighted by Crippen LogP contribution is -2.15. The molecule has 1 N–H and O–H groups in total. The summed E-state index contributed by atoms with van der Waals surface area (Å²) in [5.41, 5.74) is 1.14. The Labute approximate surface area is 88.7 Å². The van der Waals surface area contributed by atoms with Crippen molar-refractivity contribution >= 4 is 11.8 Å². The average Bonchev–Trinajstić information content (AvgIpc) is 2.16. The Bertz CT molecular complexity index is 405. The highest BCUT2D eigenvalue weighted by Crippen LogP contribution is 2.18. The molecule has 3 heteroatoms. The van der Waals surface area contributed by atoms with Gasteiger partial charge in [0.2, 0.25) is 0 Å². The molecule has 0 heterocycles. The summed E-state index contributed by atoms with van der Waals surface area (Å²) in [6.07, 6.45) is 0. The molecule has 0 aliphatic heterocycles. The minimum Gasteiger partial charge on any atom is -0.478 e. The molecule has 1 rings (SSSR count). The predicted molar refractivity (Wildman–Crippen MR) is 57.3 cm³/mol. The number of hydrogen-bond acceptors (Lipinski definition) is 2. The van der Waals surface area contributed by atoms with Crippen molar-refractivity contribution in [2.24, 2.45) is 5.92 Å². The van der Waals surface area contributed by atoms with Gasteiger partial charge in [-0.15, -0.1) is 0 Å². The van der Waals surface area contributed by atoms with Crippen molar-refractivity contribution in [3.8, 4) is 0 Å². The first-order valence-electron chi connectivity index (χ1n) is 4.82. The maximum Gasteiger partial charge on any atom is 0.336 e. The van der Waals surface area contributed by atoms with Gasteiger partial charge in [-0.3, -0.25) is 4.79 Å². The van der Waals surface area contributed by atoms with Crippen molar-refractivity contribution in [3.05, 3.63) is 34.9 Å². The number of rotatable bonds is 3. The zero-order valence-electron chi connectivity index (χ0n) is 9.07. The van der Waals surface area contributed by atoms with Crippen molar-refractivity contribution in [2.75, 3.05) is 0 Å². The van der Waals surface area contributed by atoms with Crippen molar-refractivity contribution in [3.63, 3.8) is 0 Å². The summed E-state index contributed by atoms with van der Waals surface area (Å²) in [4.78, 5) is 22.8. The van der Waals surface area contributed by atoms with Crippen LogP contribution in [0.3, 0.4) is 0 Å². The molecule has 0 aromatic heterocycles. The molecule has 0 unspecified atom stereocenters. The molecule has 1 aromatic carbocycles. The minimum atomic E-state index is -1.05. The Kier molecular flexibility index (Phi) is 3.24. The number of hydrogen-bond donors (Lipinski definition) is 1. The Morgan fingerprint density at radius 2 is 1.87 bits per heavy atom. The third kappa shape index (κ3) is 2.24. The lowest BCUT2D eigenvalue weighted by Gasteiger charge is -2.10. The maximum atomic E-state index is 11.8. The van der Waals surface area contributed by atoms with Crippen LogP contribution in [0.25, 0.3) is 0 Å². The average molecular weight is 206 g/mol. The third-order valence-corrected chi connectivity index (χ3v) is 2.27. The van der Waals surface area contributed by atoms with Crippen LogP contribution >= 0.6 is 0 Å². The van der Waals surface area contributed by atoms with Crippen LogP contribution in [0.2, 0.25) is 0 Å². The van der Waals surface area contributed by atoms with Gasteiger partial charge in [0.25, 0.3) is 0 Å². The molecule has 0 fully saturated rings. The Morgan fingerprint density at radius 1 is 1.27 bits per heavy atom. The lowest BCUT2D eigenvalue weighted by atomic mass is 9.92.